The van der Waals surface area contributed by atoms with Crippen LogP contribution in [0.25, 0.3) is 0 Å². The molecule has 5 heteroatoms. The first-order valence-corrected chi connectivity index (χ1v) is 8.47. The molecule has 110 valence electrons. The second-order valence-electron chi connectivity index (χ2n) is 5.30. The zero-order valence-corrected chi connectivity index (χ0v) is 14.2. The van der Waals surface area contributed by atoms with Gasteiger partial charge in [-0.15, -0.1) is 0 Å². The minimum atomic E-state index is 0.0444. The van der Waals surface area contributed by atoms with Gasteiger partial charge in [-0.2, -0.15) is 0 Å². The van der Waals surface area contributed by atoms with E-state index in [2.05, 4.69) is 41.4 Å². The molecule has 0 aromatic rings. The molecule has 3 N–H and O–H groups in total. The Kier molecular flexibility index (Phi) is 7.10. The van der Waals surface area contributed by atoms with Gasteiger partial charge in [0.15, 0.2) is 5.90 Å². The minimum Gasteiger partial charge on any atom is -0.472 e. The fourth-order valence-electron chi connectivity index (χ4n) is 2.54. The van der Waals surface area contributed by atoms with Gasteiger partial charge in [0.25, 0.3) is 0 Å². The van der Waals surface area contributed by atoms with Crippen molar-refractivity contribution < 1.29 is 4.74 Å². The number of alkyl halides is 1. The van der Waals surface area contributed by atoms with E-state index in [0.717, 1.165) is 32.1 Å². The zero-order valence-electron chi connectivity index (χ0n) is 12.0. The Balaban J connectivity index is 2.46. The lowest BCUT2D eigenvalue weighted by Gasteiger charge is -2.23. The van der Waals surface area contributed by atoms with Gasteiger partial charge in [0, 0.05) is 0 Å². The number of halogens is 1. The Morgan fingerprint density at radius 3 is 2.58 bits per heavy atom. The molecule has 1 saturated carbocycles. The van der Waals surface area contributed by atoms with Crippen LogP contribution in [0.3, 0.4) is 0 Å². The Morgan fingerprint density at radius 2 is 2.05 bits per heavy atom. The summed E-state index contributed by atoms with van der Waals surface area (Å²) in [5.74, 6) is 0.853. The molecule has 1 rings (SSSR count). The summed E-state index contributed by atoms with van der Waals surface area (Å²) < 4.78 is 5.58. The summed E-state index contributed by atoms with van der Waals surface area (Å²) in [7, 11) is 0. The second kappa shape index (κ2) is 8.07. The van der Waals surface area contributed by atoms with Crippen LogP contribution >= 0.6 is 22.6 Å². The number of nitrogens with zero attached hydrogens (tertiary/aromatic N) is 1. The lowest BCUT2D eigenvalue weighted by Crippen LogP contribution is -2.30. The maximum Gasteiger partial charge on any atom is 0.194 e. The van der Waals surface area contributed by atoms with E-state index in [1.807, 2.05) is 0 Å². The van der Waals surface area contributed by atoms with Crippen LogP contribution in [0.4, 0.5) is 0 Å². The molecule has 0 radical (unpaired) electrons. The summed E-state index contributed by atoms with van der Waals surface area (Å²) >= 11 is 2.24. The van der Waals surface area contributed by atoms with Crippen molar-refractivity contribution in [1.29, 1.82) is 5.41 Å². The molecule has 0 saturated heterocycles. The smallest absolute Gasteiger partial charge is 0.194 e. The van der Waals surface area contributed by atoms with Crippen molar-refractivity contribution in [3.8, 4) is 0 Å². The fraction of sp³-hybridized carbons (Fsp3) is 0.857. The van der Waals surface area contributed by atoms with E-state index in [1.165, 1.54) is 12.8 Å². The summed E-state index contributed by atoms with van der Waals surface area (Å²) in [4.78, 5) is 4.67. The van der Waals surface area contributed by atoms with Gasteiger partial charge >= 0.3 is 0 Å². The molecular weight excluding hydrogens is 353 g/mol. The summed E-state index contributed by atoms with van der Waals surface area (Å²) in [6, 6.07) is 0. The summed E-state index contributed by atoms with van der Waals surface area (Å²) in [5.41, 5.74) is 6.01. The highest BCUT2D eigenvalue weighted by Crippen LogP contribution is 2.35. The molecule has 0 bridgehead atoms. The second-order valence-corrected chi connectivity index (χ2v) is 6.80. The third kappa shape index (κ3) is 5.28. The lowest BCUT2D eigenvalue weighted by molar-refractivity contribution is 0.344. The number of rotatable bonds is 7. The number of hydrogen-bond acceptors (Lipinski definition) is 3. The number of aliphatic imine (C=N–C) groups is 1. The van der Waals surface area contributed by atoms with E-state index in [0.29, 0.717) is 11.7 Å². The minimum absolute atomic E-state index is 0.0444. The maximum absolute atomic E-state index is 7.83. The van der Waals surface area contributed by atoms with Crippen LogP contribution in [0.2, 0.25) is 0 Å². The average Bonchev–Trinajstić information content (AvgIpc) is 2.85. The normalized spacial score (nSPS) is 20.3. The van der Waals surface area contributed by atoms with Crippen molar-refractivity contribution in [2.75, 3.05) is 6.61 Å². The molecule has 1 fully saturated rings. The van der Waals surface area contributed by atoms with Gasteiger partial charge in [0.2, 0.25) is 0 Å². The number of ether oxygens (including phenoxy) is 1. The van der Waals surface area contributed by atoms with Gasteiger partial charge in [0.05, 0.1) is 9.46 Å². The maximum atomic E-state index is 7.83. The first kappa shape index (κ1) is 16.7. The average molecular weight is 379 g/mol. The largest absolute Gasteiger partial charge is 0.472 e. The van der Waals surface area contributed by atoms with Gasteiger partial charge in [-0.3, -0.25) is 10.4 Å². The van der Waals surface area contributed by atoms with E-state index in [1.54, 1.807) is 0 Å². The molecule has 1 aliphatic rings. The predicted octanol–water partition coefficient (Wildman–Crippen LogP) is 3.66. The topological polar surface area (TPSA) is 71.5 Å². The van der Waals surface area contributed by atoms with E-state index in [-0.39, 0.29) is 16.1 Å². The molecule has 0 heterocycles. The van der Waals surface area contributed by atoms with Gasteiger partial charge in [-0.1, -0.05) is 55.7 Å². The molecule has 4 nitrogen and oxygen atoms in total. The molecule has 1 unspecified atom stereocenters. The molecule has 1 aliphatic carbocycles. The molecule has 1 atom stereocenters. The monoisotopic (exact) mass is 379 g/mol. The molecule has 0 aliphatic heterocycles. The van der Waals surface area contributed by atoms with Crippen LogP contribution in [0.15, 0.2) is 4.99 Å². The molecule has 19 heavy (non-hydrogen) atoms. The molecule has 0 aromatic heterocycles. The van der Waals surface area contributed by atoms with Crippen molar-refractivity contribution in [3.63, 3.8) is 0 Å². The molecule has 0 spiro atoms. The van der Waals surface area contributed by atoms with E-state index >= 15 is 0 Å². The van der Waals surface area contributed by atoms with Crippen LogP contribution in [0.5, 0.6) is 0 Å². The first-order chi connectivity index (χ1) is 9.03. The van der Waals surface area contributed by atoms with Crippen LogP contribution < -0.4 is 5.73 Å². The van der Waals surface area contributed by atoms with Crippen molar-refractivity contribution in [1.82, 2.24) is 0 Å². The standard InChI is InChI=1S/C14H26IN3O/c1-3-7-11(15)13(17)19-10-12(16)18-14(4-2)8-5-6-9-14/h11,17H,3-10H2,1-2H3,(H2,16,18). The Bertz CT molecular complexity index is 325. The van der Waals surface area contributed by atoms with Crippen molar-refractivity contribution in [2.45, 2.75) is 68.3 Å². The van der Waals surface area contributed by atoms with Gasteiger partial charge < -0.3 is 10.5 Å². The number of amidine groups is 1. The van der Waals surface area contributed by atoms with Crippen LogP contribution in [0, 0.1) is 5.41 Å². The van der Waals surface area contributed by atoms with Crippen LogP contribution in [0.1, 0.15) is 58.8 Å². The third-order valence-corrected chi connectivity index (χ3v) is 4.96. The number of nitrogens with one attached hydrogen (secondary N) is 1. The third-order valence-electron chi connectivity index (χ3n) is 3.78. The van der Waals surface area contributed by atoms with E-state index in [9.17, 15) is 0 Å². The molecule has 0 aromatic carbocycles. The number of nitrogens with two attached hydrogens (primary N) is 1. The molecule has 0 amide bonds. The zero-order chi connectivity index (χ0) is 14.3. The molecular formula is C14H26IN3O. The summed E-state index contributed by atoms with van der Waals surface area (Å²) in [6.45, 7) is 4.54. The van der Waals surface area contributed by atoms with E-state index in [4.69, 9.17) is 15.9 Å². The SMILES string of the molecule is CCCC(I)C(=N)OCC(N)=NC1(CC)CCCC1. The highest BCUT2D eigenvalue weighted by Gasteiger charge is 2.31. The summed E-state index contributed by atoms with van der Waals surface area (Å²) in [5, 5.41) is 7.83. The lowest BCUT2D eigenvalue weighted by atomic mass is 9.95. The Labute approximate surface area is 130 Å². The van der Waals surface area contributed by atoms with Crippen molar-refractivity contribution >= 4 is 34.3 Å². The Morgan fingerprint density at radius 1 is 1.42 bits per heavy atom. The quantitative estimate of drug-likeness (QED) is 0.307. The first-order valence-electron chi connectivity index (χ1n) is 7.22. The van der Waals surface area contributed by atoms with E-state index < -0.39 is 0 Å². The highest BCUT2D eigenvalue weighted by atomic mass is 127. The predicted molar refractivity (Wildman–Crippen MR) is 89.5 cm³/mol. The van der Waals surface area contributed by atoms with Gasteiger partial charge in [0.1, 0.15) is 12.4 Å². The number of hydrogen-bond donors (Lipinski definition) is 2. The highest BCUT2D eigenvalue weighted by molar-refractivity contribution is 14.1. The van der Waals surface area contributed by atoms with Crippen molar-refractivity contribution in [2.24, 2.45) is 10.7 Å². The van der Waals surface area contributed by atoms with Gasteiger partial charge in [-0.25, -0.2) is 0 Å². The van der Waals surface area contributed by atoms with Crippen LogP contribution in [-0.2, 0) is 4.74 Å². The Hall–Kier alpha value is -0.330. The fourth-order valence-corrected chi connectivity index (χ4v) is 3.34. The van der Waals surface area contributed by atoms with Gasteiger partial charge in [-0.05, 0) is 25.7 Å². The van der Waals surface area contributed by atoms with Crippen molar-refractivity contribution in [3.05, 3.63) is 0 Å². The van der Waals surface area contributed by atoms with Crippen LogP contribution in [-0.4, -0.2) is 27.8 Å². The summed E-state index contributed by atoms with van der Waals surface area (Å²) in [6.07, 6.45) is 7.81.